The molecule has 0 radical (unpaired) electrons. The van der Waals surface area contributed by atoms with Crippen LogP contribution >= 0.6 is 0 Å². The van der Waals surface area contributed by atoms with E-state index in [1.807, 2.05) is 6.07 Å². The average Bonchev–Trinajstić information content (AvgIpc) is 2.57. The molecule has 4 nitrogen and oxygen atoms in total. The molecule has 122 valence electrons. The molecule has 1 aromatic carbocycles. The highest BCUT2D eigenvalue weighted by Gasteiger charge is 2.16. The summed E-state index contributed by atoms with van der Waals surface area (Å²) in [5.74, 6) is -0.140. The van der Waals surface area contributed by atoms with E-state index in [1.54, 1.807) is 12.1 Å². The molecule has 0 amide bonds. The van der Waals surface area contributed by atoms with Gasteiger partial charge in [-0.2, -0.15) is 0 Å². The van der Waals surface area contributed by atoms with E-state index in [1.165, 1.54) is 5.69 Å². The van der Waals surface area contributed by atoms with Gasteiger partial charge in [0.05, 0.1) is 26.4 Å². The lowest BCUT2D eigenvalue weighted by atomic mass is 10.1. The van der Waals surface area contributed by atoms with E-state index in [9.17, 15) is 4.39 Å². The van der Waals surface area contributed by atoms with Crippen LogP contribution in [0.4, 0.5) is 10.1 Å². The Morgan fingerprint density at radius 3 is 2.36 bits per heavy atom. The molecule has 0 bridgehead atoms. The van der Waals surface area contributed by atoms with Crippen molar-refractivity contribution in [1.29, 1.82) is 0 Å². The fraction of sp³-hybridized carbons (Fsp3) is 0.647. The first-order chi connectivity index (χ1) is 10.8. The van der Waals surface area contributed by atoms with E-state index in [2.05, 4.69) is 9.80 Å². The van der Waals surface area contributed by atoms with Gasteiger partial charge in [0.1, 0.15) is 5.82 Å². The van der Waals surface area contributed by atoms with Gasteiger partial charge in [0, 0.05) is 31.9 Å². The van der Waals surface area contributed by atoms with Crippen molar-refractivity contribution in [2.75, 3.05) is 64.1 Å². The van der Waals surface area contributed by atoms with E-state index in [4.69, 9.17) is 9.47 Å². The first kappa shape index (κ1) is 15.7. The Bertz CT molecular complexity index is 472. The fourth-order valence-corrected chi connectivity index (χ4v) is 3.18. The largest absolute Gasteiger partial charge is 0.379 e. The Morgan fingerprint density at radius 2 is 1.64 bits per heavy atom. The molecule has 0 atom stereocenters. The van der Waals surface area contributed by atoms with Crippen molar-refractivity contribution in [3.05, 3.63) is 29.6 Å². The Kier molecular flexibility index (Phi) is 5.64. The first-order valence-electron chi connectivity index (χ1n) is 8.24. The number of benzene rings is 1. The highest BCUT2D eigenvalue weighted by atomic mass is 19.1. The van der Waals surface area contributed by atoms with Crippen molar-refractivity contribution < 1.29 is 13.9 Å². The molecule has 22 heavy (non-hydrogen) atoms. The molecule has 2 saturated heterocycles. The predicted molar refractivity (Wildman–Crippen MR) is 85.0 cm³/mol. The van der Waals surface area contributed by atoms with Gasteiger partial charge in [0.25, 0.3) is 0 Å². The third-order valence-corrected chi connectivity index (χ3v) is 4.42. The fourth-order valence-electron chi connectivity index (χ4n) is 3.18. The number of aryl methyl sites for hydroxylation is 1. The van der Waals surface area contributed by atoms with Gasteiger partial charge < -0.3 is 14.4 Å². The van der Waals surface area contributed by atoms with Crippen LogP contribution in [0.25, 0.3) is 0 Å². The predicted octanol–water partition coefficient (Wildman–Crippen LogP) is 1.93. The molecular formula is C17H25FN2O2. The first-order valence-corrected chi connectivity index (χ1v) is 8.24. The summed E-state index contributed by atoms with van der Waals surface area (Å²) in [6.45, 7) is 8.04. The Balaban J connectivity index is 1.59. The summed E-state index contributed by atoms with van der Waals surface area (Å²) in [5, 5.41) is 0. The van der Waals surface area contributed by atoms with Crippen LogP contribution in [-0.2, 0) is 15.9 Å². The molecule has 0 saturated carbocycles. The van der Waals surface area contributed by atoms with Crippen LogP contribution in [0.5, 0.6) is 0 Å². The second kappa shape index (κ2) is 7.90. The number of ether oxygens (including phenoxy) is 2. The monoisotopic (exact) mass is 308 g/mol. The number of nitrogens with zero attached hydrogens (tertiary/aromatic N) is 2. The minimum absolute atomic E-state index is 0.140. The van der Waals surface area contributed by atoms with E-state index in [-0.39, 0.29) is 5.82 Å². The maximum atomic E-state index is 13.6. The molecule has 0 N–H and O–H groups in total. The average molecular weight is 308 g/mol. The van der Waals surface area contributed by atoms with Gasteiger partial charge in [-0.15, -0.1) is 0 Å². The summed E-state index contributed by atoms with van der Waals surface area (Å²) < 4.78 is 24.4. The van der Waals surface area contributed by atoms with Crippen LogP contribution in [0.2, 0.25) is 0 Å². The normalized spacial score (nSPS) is 20.3. The van der Waals surface area contributed by atoms with Crippen molar-refractivity contribution in [1.82, 2.24) is 4.90 Å². The smallest absolute Gasteiger partial charge is 0.123 e. The number of anilines is 1. The Morgan fingerprint density at radius 1 is 0.955 bits per heavy atom. The summed E-state index contributed by atoms with van der Waals surface area (Å²) in [7, 11) is 0. The lowest BCUT2D eigenvalue weighted by Crippen LogP contribution is -2.37. The molecule has 5 heteroatoms. The zero-order valence-corrected chi connectivity index (χ0v) is 13.1. The summed E-state index contributed by atoms with van der Waals surface area (Å²) in [6.07, 6.45) is 1.97. The SMILES string of the molecule is Fc1ccc(N2CCOCC2)c(CCCN2CCOCC2)c1. The van der Waals surface area contributed by atoms with Gasteiger partial charge >= 0.3 is 0 Å². The van der Waals surface area contributed by atoms with Gasteiger partial charge in [-0.05, 0) is 43.1 Å². The van der Waals surface area contributed by atoms with Crippen LogP contribution in [0.1, 0.15) is 12.0 Å². The van der Waals surface area contributed by atoms with Crippen molar-refractivity contribution in [2.45, 2.75) is 12.8 Å². The van der Waals surface area contributed by atoms with Crippen molar-refractivity contribution >= 4 is 5.69 Å². The Labute approximate surface area is 131 Å². The summed E-state index contributed by atoms with van der Waals surface area (Å²) >= 11 is 0. The van der Waals surface area contributed by atoms with Crippen LogP contribution in [0, 0.1) is 5.82 Å². The number of rotatable bonds is 5. The van der Waals surface area contributed by atoms with Crippen LogP contribution < -0.4 is 4.90 Å². The van der Waals surface area contributed by atoms with Crippen LogP contribution in [-0.4, -0.2) is 64.1 Å². The van der Waals surface area contributed by atoms with E-state index < -0.39 is 0 Å². The maximum Gasteiger partial charge on any atom is 0.123 e. The van der Waals surface area contributed by atoms with Gasteiger partial charge in [-0.25, -0.2) is 4.39 Å². The number of hydrogen-bond donors (Lipinski definition) is 0. The van der Waals surface area contributed by atoms with Gasteiger partial charge in [0.15, 0.2) is 0 Å². The Hall–Kier alpha value is -1.17. The summed E-state index contributed by atoms with van der Waals surface area (Å²) in [5.41, 5.74) is 2.29. The number of morpholine rings is 2. The van der Waals surface area contributed by atoms with Gasteiger partial charge in [-0.3, -0.25) is 4.90 Å². The van der Waals surface area contributed by atoms with Crippen molar-refractivity contribution in [3.8, 4) is 0 Å². The zero-order chi connectivity index (χ0) is 15.2. The minimum Gasteiger partial charge on any atom is -0.379 e. The topological polar surface area (TPSA) is 24.9 Å². The molecule has 2 fully saturated rings. The summed E-state index contributed by atoms with van der Waals surface area (Å²) in [4.78, 5) is 4.74. The lowest BCUT2D eigenvalue weighted by molar-refractivity contribution is 0.0374. The van der Waals surface area contributed by atoms with E-state index in [0.717, 1.165) is 77.6 Å². The molecular weight excluding hydrogens is 283 g/mol. The van der Waals surface area contributed by atoms with E-state index >= 15 is 0 Å². The molecule has 0 unspecified atom stereocenters. The third kappa shape index (κ3) is 4.18. The van der Waals surface area contributed by atoms with Crippen LogP contribution in [0.3, 0.4) is 0 Å². The van der Waals surface area contributed by atoms with Crippen molar-refractivity contribution in [2.24, 2.45) is 0 Å². The van der Waals surface area contributed by atoms with Crippen LogP contribution in [0.15, 0.2) is 18.2 Å². The molecule has 2 aliphatic rings. The standard InChI is InChI=1S/C17H25FN2O2/c18-16-3-4-17(20-8-12-22-13-9-20)15(14-16)2-1-5-19-6-10-21-11-7-19/h3-4,14H,1-2,5-13H2. The quantitative estimate of drug-likeness (QED) is 0.830. The lowest BCUT2D eigenvalue weighted by Gasteiger charge is -2.31. The number of hydrogen-bond acceptors (Lipinski definition) is 4. The highest BCUT2D eigenvalue weighted by molar-refractivity contribution is 5.54. The van der Waals surface area contributed by atoms with Crippen molar-refractivity contribution in [3.63, 3.8) is 0 Å². The minimum atomic E-state index is -0.140. The summed E-state index contributed by atoms with van der Waals surface area (Å²) in [6, 6.07) is 5.19. The van der Waals surface area contributed by atoms with Gasteiger partial charge in [-0.1, -0.05) is 0 Å². The molecule has 0 aromatic heterocycles. The molecule has 2 aliphatic heterocycles. The highest BCUT2D eigenvalue weighted by Crippen LogP contribution is 2.24. The van der Waals surface area contributed by atoms with E-state index in [0.29, 0.717) is 0 Å². The molecule has 3 rings (SSSR count). The van der Waals surface area contributed by atoms with Gasteiger partial charge in [0.2, 0.25) is 0 Å². The second-order valence-corrected chi connectivity index (χ2v) is 5.93. The zero-order valence-electron chi connectivity index (χ0n) is 13.1. The second-order valence-electron chi connectivity index (χ2n) is 5.93. The maximum absolute atomic E-state index is 13.6. The molecule has 0 aliphatic carbocycles. The third-order valence-electron chi connectivity index (χ3n) is 4.42. The number of halogens is 1. The molecule has 0 spiro atoms. The molecule has 1 aromatic rings. The molecule has 2 heterocycles.